The first-order valence-electron chi connectivity index (χ1n) is 10.9. The second-order valence-electron chi connectivity index (χ2n) is 7.25. The Morgan fingerprint density at radius 2 is 1.50 bits per heavy atom. The van der Waals surface area contributed by atoms with Crippen LogP contribution < -0.4 is 5.32 Å². The van der Waals surface area contributed by atoms with Crippen molar-refractivity contribution in [2.24, 2.45) is 0 Å². The lowest BCUT2D eigenvalue weighted by atomic mass is 10.2. The van der Waals surface area contributed by atoms with Gasteiger partial charge in [-0.3, -0.25) is 14.4 Å². The SMILES string of the molecule is CCN(CC)C(=O)CCCC(=O)Nc1ccc2c(ccn2CC(=O)N(CC)CC)c1. The standard InChI is InChI=1S/C23H34N4O3/c1-5-25(6-2)22(29)11-9-10-21(28)24-19-12-13-20-18(16-19)14-15-27(20)17-23(30)26(7-3)8-4/h12-16H,5-11,17H2,1-4H3,(H,24,28). The van der Waals surface area contributed by atoms with E-state index in [0.717, 1.165) is 16.6 Å². The van der Waals surface area contributed by atoms with E-state index in [9.17, 15) is 14.4 Å². The second-order valence-corrected chi connectivity index (χ2v) is 7.25. The molecule has 0 aliphatic carbocycles. The number of amides is 3. The number of benzene rings is 1. The molecule has 0 fully saturated rings. The summed E-state index contributed by atoms with van der Waals surface area (Å²) in [5, 5.41) is 3.87. The van der Waals surface area contributed by atoms with Gasteiger partial charge in [-0.15, -0.1) is 0 Å². The van der Waals surface area contributed by atoms with Crippen LogP contribution in [0.2, 0.25) is 0 Å². The minimum Gasteiger partial charge on any atom is -0.343 e. The van der Waals surface area contributed by atoms with Crippen molar-refractivity contribution < 1.29 is 14.4 Å². The zero-order chi connectivity index (χ0) is 22.1. The highest BCUT2D eigenvalue weighted by atomic mass is 16.2. The summed E-state index contributed by atoms with van der Waals surface area (Å²) >= 11 is 0. The van der Waals surface area contributed by atoms with Crippen molar-refractivity contribution >= 4 is 34.3 Å². The van der Waals surface area contributed by atoms with Crippen LogP contribution in [0.5, 0.6) is 0 Å². The molecule has 1 heterocycles. The van der Waals surface area contributed by atoms with E-state index in [-0.39, 0.29) is 17.7 Å². The van der Waals surface area contributed by atoms with Crippen molar-refractivity contribution in [3.05, 3.63) is 30.5 Å². The number of carbonyl (C=O) groups is 3. The molecule has 2 aromatic rings. The first-order chi connectivity index (χ1) is 14.4. The topological polar surface area (TPSA) is 74.6 Å². The molecular formula is C23H34N4O3. The van der Waals surface area contributed by atoms with Gasteiger partial charge in [0.15, 0.2) is 0 Å². The number of aromatic nitrogens is 1. The highest BCUT2D eigenvalue weighted by Crippen LogP contribution is 2.21. The van der Waals surface area contributed by atoms with Gasteiger partial charge in [-0.2, -0.15) is 0 Å². The molecule has 0 saturated heterocycles. The maximum atomic E-state index is 12.4. The van der Waals surface area contributed by atoms with Gasteiger partial charge in [0.2, 0.25) is 17.7 Å². The number of anilines is 1. The van der Waals surface area contributed by atoms with Crippen molar-refractivity contribution in [3.8, 4) is 0 Å². The number of likely N-dealkylation sites (N-methyl/N-ethyl adjacent to an activating group) is 1. The fraction of sp³-hybridized carbons (Fsp3) is 0.522. The molecule has 0 atom stereocenters. The van der Waals surface area contributed by atoms with Gasteiger partial charge < -0.3 is 19.7 Å². The average molecular weight is 415 g/mol. The molecule has 1 aromatic heterocycles. The monoisotopic (exact) mass is 414 g/mol. The van der Waals surface area contributed by atoms with Crippen molar-refractivity contribution in [1.82, 2.24) is 14.4 Å². The fourth-order valence-corrected chi connectivity index (χ4v) is 3.60. The second kappa shape index (κ2) is 11.4. The largest absolute Gasteiger partial charge is 0.343 e. The molecule has 3 amide bonds. The maximum Gasteiger partial charge on any atom is 0.242 e. The summed E-state index contributed by atoms with van der Waals surface area (Å²) in [6.45, 7) is 11.0. The van der Waals surface area contributed by atoms with Gasteiger partial charge in [-0.25, -0.2) is 0 Å². The van der Waals surface area contributed by atoms with Crippen LogP contribution in [0.15, 0.2) is 30.5 Å². The molecule has 1 N–H and O–H groups in total. The van der Waals surface area contributed by atoms with Gasteiger partial charge in [0.05, 0.1) is 0 Å². The molecular weight excluding hydrogens is 380 g/mol. The molecule has 2 rings (SSSR count). The van der Waals surface area contributed by atoms with Crippen molar-refractivity contribution in [2.45, 2.75) is 53.5 Å². The van der Waals surface area contributed by atoms with Gasteiger partial charge in [0, 0.05) is 61.8 Å². The molecule has 30 heavy (non-hydrogen) atoms. The molecule has 0 aliphatic rings. The van der Waals surface area contributed by atoms with E-state index in [1.807, 2.05) is 67.6 Å². The molecule has 0 spiro atoms. The quantitative estimate of drug-likeness (QED) is 0.612. The number of nitrogens with one attached hydrogen (secondary N) is 1. The Kier molecular flexibility index (Phi) is 8.89. The minimum atomic E-state index is -0.0992. The van der Waals surface area contributed by atoms with E-state index in [0.29, 0.717) is 52.0 Å². The van der Waals surface area contributed by atoms with Crippen LogP contribution in [-0.2, 0) is 20.9 Å². The molecule has 0 bridgehead atoms. The van der Waals surface area contributed by atoms with Gasteiger partial charge in [0.25, 0.3) is 0 Å². The van der Waals surface area contributed by atoms with E-state index in [4.69, 9.17) is 0 Å². The summed E-state index contributed by atoms with van der Waals surface area (Å²) in [5.41, 5.74) is 1.67. The van der Waals surface area contributed by atoms with Crippen LogP contribution >= 0.6 is 0 Å². The molecule has 0 saturated carbocycles. The van der Waals surface area contributed by atoms with Crippen molar-refractivity contribution in [3.63, 3.8) is 0 Å². The smallest absolute Gasteiger partial charge is 0.242 e. The summed E-state index contributed by atoms with van der Waals surface area (Å²) in [7, 11) is 0. The number of hydrogen-bond donors (Lipinski definition) is 1. The van der Waals surface area contributed by atoms with Crippen LogP contribution in [0, 0.1) is 0 Å². The van der Waals surface area contributed by atoms with Crippen LogP contribution in [0.4, 0.5) is 5.69 Å². The van der Waals surface area contributed by atoms with Gasteiger partial charge in [0.1, 0.15) is 6.54 Å². The van der Waals surface area contributed by atoms with Gasteiger partial charge in [-0.05, 0) is 58.4 Å². The summed E-state index contributed by atoms with van der Waals surface area (Å²) in [4.78, 5) is 40.2. The zero-order valence-corrected chi connectivity index (χ0v) is 18.6. The van der Waals surface area contributed by atoms with Crippen molar-refractivity contribution in [2.75, 3.05) is 31.5 Å². The van der Waals surface area contributed by atoms with Crippen LogP contribution in [0.1, 0.15) is 47.0 Å². The van der Waals surface area contributed by atoms with E-state index in [1.165, 1.54) is 0 Å². The Labute approximate surface area is 179 Å². The molecule has 7 heteroatoms. The van der Waals surface area contributed by atoms with E-state index < -0.39 is 0 Å². The maximum absolute atomic E-state index is 12.4. The Bertz CT molecular complexity index is 866. The average Bonchev–Trinajstić information content (AvgIpc) is 3.11. The third-order valence-electron chi connectivity index (χ3n) is 5.39. The number of hydrogen-bond acceptors (Lipinski definition) is 3. The third kappa shape index (κ3) is 6.08. The fourth-order valence-electron chi connectivity index (χ4n) is 3.60. The first kappa shape index (κ1) is 23.4. The predicted molar refractivity (Wildman–Crippen MR) is 120 cm³/mol. The Morgan fingerprint density at radius 3 is 2.13 bits per heavy atom. The molecule has 0 unspecified atom stereocenters. The number of fused-ring (bicyclic) bond motifs is 1. The van der Waals surface area contributed by atoms with E-state index >= 15 is 0 Å². The lowest BCUT2D eigenvalue weighted by Gasteiger charge is -2.19. The Morgan fingerprint density at radius 1 is 0.867 bits per heavy atom. The summed E-state index contributed by atoms with van der Waals surface area (Å²) in [6, 6.07) is 7.62. The number of rotatable bonds is 11. The number of nitrogens with zero attached hydrogens (tertiary/aromatic N) is 3. The molecule has 7 nitrogen and oxygen atoms in total. The molecule has 0 aliphatic heterocycles. The molecule has 0 radical (unpaired) electrons. The van der Waals surface area contributed by atoms with Crippen LogP contribution in [0.25, 0.3) is 10.9 Å². The normalized spacial score (nSPS) is 10.8. The van der Waals surface area contributed by atoms with Crippen LogP contribution in [-0.4, -0.2) is 58.3 Å². The molecule has 1 aromatic carbocycles. The van der Waals surface area contributed by atoms with Gasteiger partial charge >= 0.3 is 0 Å². The lowest BCUT2D eigenvalue weighted by molar-refractivity contribution is -0.132. The Balaban J connectivity index is 1.92. The highest BCUT2D eigenvalue weighted by Gasteiger charge is 2.13. The van der Waals surface area contributed by atoms with Crippen LogP contribution in [0.3, 0.4) is 0 Å². The minimum absolute atomic E-state index is 0.0918. The van der Waals surface area contributed by atoms with E-state index in [1.54, 1.807) is 4.90 Å². The highest BCUT2D eigenvalue weighted by molar-refractivity contribution is 5.94. The summed E-state index contributed by atoms with van der Waals surface area (Å²) in [5.74, 6) is 0.0850. The third-order valence-corrected chi connectivity index (χ3v) is 5.39. The summed E-state index contributed by atoms with van der Waals surface area (Å²) in [6.07, 6.45) is 3.13. The van der Waals surface area contributed by atoms with E-state index in [2.05, 4.69) is 5.32 Å². The predicted octanol–water partition coefficient (Wildman–Crippen LogP) is 3.49. The Hall–Kier alpha value is -2.83. The lowest BCUT2D eigenvalue weighted by Crippen LogP contribution is -2.33. The zero-order valence-electron chi connectivity index (χ0n) is 18.6. The van der Waals surface area contributed by atoms with Crippen molar-refractivity contribution in [1.29, 1.82) is 0 Å². The number of carbonyl (C=O) groups excluding carboxylic acids is 3. The first-order valence-corrected chi connectivity index (χ1v) is 10.9. The summed E-state index contributed by atoms with van der Waals surface area (Å²) < 4.78 is 1.93. The molecule has 164 valence electrons. The van der Waals surface area contributed by atoms with Gasteiger partial charge in [-0.1, -0.05) is 0 Å².